The van der Waals surface area contributed by atoms with Gasteiger partial charge in [-0.25, -0.2) is 4.79 Å². The van der Waals surface area contributed by atoms with E-state index < -0.39 is 0 Å². The summed E-state index contributed by atoms with van der Waals surface area (Å²) in [6.07, 6.45) is 1.88. The fraction of sp³-hybridized carbons (Fsp3) is 0.375. The second-order valence-corrected chi connectivity index (χ2v) is 5.65. The van der Waals surface area contributed by atoms with E-state index in [0.717, 1.165) is 16.6 Å². The molecule has 0 atom stereocenters. The number of aromatic amines is 1. The molecule has 0 unspecified atom stereocenters. The zero-order valence-electron chi connectivity index (χ0n) is 13.1. The lowest BCUT2D eigenvalue weighted by molar-refractivity contribution is -0.122. The summed E-state index contributed by atoms with van der Waals surface area (Å²) in [5.41, 5.74) is 1.83. The van der Waals surface area contributed by atoms with Crippen LogP contribution in [0.2, 0.25) is 0 Å². The number of carbonyl (C=O) groups is 2. The number of likely N-dealkylation sites (N-methyl/N-ethyl adjacent to an activating group) is 1. The number of rotatable bonds is 3. The quantitative estimate of drug-likeness (QED) is 0.792. The van der Waals surface area contributed by atoms with Gasteiger partial charge in [-0.1, -0.05) is 0 Å². The minimum absolute atomic E-state index is 0.00251. The largest absolute Gasteiger partial charge is 0.361 e. The molecule has 2 heterocycles. The van der Waals surface area contributed by atoms with Crippen molar-refractivity contribution in [3.63, 3.8) is 0 Å². The highest BCUT2D eigenvalue weighted by molar-refractivity contribution is 5.92. The van der Waals surface area contributed by atoms with Gasteiger partial charge in [-0.15, -0.1) is 0 Å². The zero-order chi connectivity index (χ0) is 16.2. The second kappa shape index (κ2) is 6.70. The maximum Gasteiger partial charge on any atom is 0.321 e. The number of benzene rings is 1. The minimum Gasteiger partial charge on any atom is -0.361 e. The molecule has 1 aromatic carbocycles. The molecule has 1 fully saturated rings. The van der Waals surface area contributed by atoms with E-state index >= 15 is 0 Å². The van der Waals surface area contributed by atoms with Crippen LogP contribution in [0, 0.1) is 0 Å². The van der Waals surface area contributed by atoms with Gasteiger partial charge in [-0.05, 0) is 24.3 Å². The van der Waals surface area contributed by atoms with Crippen LogP contribution in [-0.4, -0.2) is 66.5 Å². The third kappa shape index (κ3) is 3.62. The van der Waals surface area contributed by atoms with Gasteiger partial charge in [0.15, 0.2) is 0 Å². The summed E-state index contributed by atoms with van der Waals surface area (Å²) in [7, 11) is 1.63. The molecule has 0 bridgehead atoms. The molecule has 1 aromatic heterocycles. The van der Waals surface area contributed by atoms with Crippen LogP contribution in [0.15, 0.2) is 30.5 Å². The van der Waals surface area contributed by atoms with Crippen molar-refractivity contribution < 1.29 is 9.59 Å². The fourth-order valence-corrected chi connectivity index (χ4v) is 2.72. The van der Waals surface area contributed by atoms with Gasteiger partial charge < -0.3 is 20.5 Å². The first-order chi connectivity index (χ1) is 11.2. The first-order valence-corrected chi connectivity index (χ1v) is 7.72. The van der Waals surface area contributed by atoms with E-state index in [2.05, 4.69) is 20.5 Å². The van der Waals surface area contributed by atoms with Gasteiger partial charge in [-0.3, -0.25) is 9.69 Å². The second-order valence-electron chi connectivity index (χ2n) is 5.65. The monoisotopic (exact) mass is 315 g/mol. The SMILES string of the molecule is CNC(=O)CN1CCN(C(=O)Nc2ccc3[nH]ccc3c2)CC1. The van der Waals surface area contributed by atoms with Crippen LogP contribution in [0.5, 0.6) is 0 Å². The number of hydrogen-bond donors (Lipinski definition) is 3. The van der Waals surface area contributed by atoms with Crippen molar-refractivity contribution in [2.24, 2.45) is 0 Å². The van der Waals surface area contributed by atoms with Crippen molar-refractivity contribution in [2.75, 3.05) is 45.1 Å². The number of amides is 3. The Morgan fingerprint density at radius 3 is 2.70 bits per heavy atom. The van der Waals surface area contributed by atoms with Crippen LogP contribution in [0.25, 0.3) is 10.9 Å². The molecule has 3 N–H and O–H groups in total. The molecule has 0 radical (unpaired) electrons. The summed E-state index contributed by atoms with van der Waals surface area (Å²) < 4.78 is 0. The maximum atomic E-state index is 12.3. The van der Waals surface area contributed by atoms with Crippen LogP contribution in [0.1, 0.15) is 0 Å². The number of H-pyrrole nitrogens is 1. The highest BCUT2D eigenvalue weighted by Gasteiger charge is 2.22. The lowest BCUT2D eigenvalue weighted by Gasteiger charge is -2.34. The summed E-state index contributed by atoms with van der Waals surface area (Å²) in [5, 5.41) is 6.62. The number of aromatic nitrogens is 1. The van der Waals surface area contributed by atoms with E-state index in [-0.39, 0.29) is 11.9 Å². The number of hydrogen-bond acceptors (Lipinski definition) is 3. The lowest BCUT2D eigenvalue weighted by Crippen LogP contribution is -2.51. The first kappa shape index (κ1) is 15.4. The average molecular weight is 315 g/mol. The van der Waals surface area contributed by atoms with E-state index in [4.69, 9.17) is 0 Å². The molecule has 0 saturated carbocycles. The molecule has 1 aliphatic heterocycles. The van der Waals surface area contributed by atoms with E-state index in [1.807, 2.05) is 30.5 Å². The smallest absolute Gasteiger partial charge is 0.321 e. The highest BCUT2D eigenvalue weighted by atomic mass is 16.2. The Bertz CT molecular complexity index is 703. The predicted molar refractivity (Wildman–Crippen MR) is 89.4 cm³/mol. The van der Waals surface area contributed by atoms with E-state index in [0.29, 0.717) is 32.7 Å². The molecular formula is C16H21N5O2. The van der Waals surface area contributed by atoms with Crippen molar-refractivity contribution in [3.05, 3.63) is 30.5 Å². The topological polar surface area (TPSA) is 80.5 Å². The maximum absolute atomic E-state index is 12.3. The zero-order valence-corrected chi connectivity index (χ0v) is 13.1. The summed E-state index contributed by atoms with van der Waals surface area (Å²) in [4.78, 5) is 30.7. The Balaban J connectivity index is 1.54. The van der Waals surface area contributed by atoms with Gasteiger partial charge in [0.05, 0.1) is 6.54 Å². The van der Waals surface area contributed by atoms with Crippen LogP contribution in [0.3, 0.4) is 0 Å². The third-order valence-corrected chi connectivity index (χ3v) is 4.11. The van der Waals surface area contributed by atoms with Crippen LogP contribution >= 0.6 is 0 Å². The van der Waals surface area contributed by atoms with E-state index in [1.165, 1.54) is 0 Å². The van der Waals surface area contributed by atoms with Crippen molar-refractivity contribution >= 4 is 28.5 Å². The van der Waals surface area contributed by atoms with Crippen LogP contribution < -0.4 is 10.6 Å². The summed E-state index contributed by atoms with van der Waals surface area (Å²) in [6, 6.07) is 7.67. The molecule has 7 heteroatoms. The molecule has 3 amide bonds. The molecule has 122 valence electrons. The number of carbonyl (C=O) groups excluding carboxylic acids is 2. The normalized spacial score (nSPS) is 15.6. The van der Waals surface area contributed by atoms with Crippen molar-refractivity contribution in [1.82, 2.24) is 20.1 Å². The van der Waals surface area contributed by atoms with Crippen molar-refractivity contribution in [3.8, 4) is 0 Å². The minimum atomic E-state index is -0.0977. The lowest BCUT2D eigenvalue weighted by atomic mass is 10.2. The van der Waals surface area contributed by atoms with Crippen LogP contribution in [-0.2, 0) is 4.79 Å². The summed E-state index contributed by atoms with van der Waals surface area (Å²) in [5.74, 6) is 0.00251. The average Bonchev–Trinajstić information content (AvgIpc) is 3.03. The van der Waals surface area contributed by atoms with Crippen molar-refractivity contribution in [1.29, 1.82) is 0 Å². The van der Waals surface area contributed by atoms with Gasteiger partial charge in [-0.2, -0.15) is 0 Å². The molecule has 3 rings (SSSR count). The Labute approximate surface area is 134 Å². The first-order valence-electron chi connectivity index (χ1n) is 7.72. The van der Waals surface area contributed by atoms with Gasteiger partial charge in [0.2, 0.25) is 5.91 Å². The van der Waals surface area contributed by atoms with E-state index in [9.17, 15) is 9.59 Å². The van der Waals surface area contributed by atoms with Crippen molar-refractivity contribution in [2.45, 2.75) is 0 Å². The Kier molecular flexibility index (Phi) is 4.47. The number of nitrogens with zero attached hydrogens (tertiary/aromatic N) is 2. The molecular weight excluding hydrogens is 294 g/mol. The molecule has 1 saturated heterocycles. The molecule has 0 spiro atoms. The van der Waals surface area contributed by atoms with E-state index in [1.54, 1.807) is 11.9 Å². The predicted octanol–water partition coefficient (Wildman–Crippen LogP) is 1.06. The third-order valence-electron chi connectivity index (χ3n) is 4.11. The molecule has 23 heavy (non-hydrogen) atoms. The highest BCUT2D eigenvalue weighted by Crippen LogP contribution is 2.18. The number of urea groups is 1. The number of piperazine rings is 1. The fourth-order valence-electron chi connectivity index (χ4n) is 2.72. The molecule has 2 aromatic rings. The number of nitrogens with one attached hydrogen (secondary N) is 3. The van der Waals surface area contributed by atoms with Gasteiger partial charge in [0.1, 0.15) is 0 Å². The Hall–Kier alpha value is -2.54. The Morgan fingerprint density at radius 2 is 1.96 bits per heavy atom. The number of anilines is 1. The van der Waals surface area contributed by atoms with Gasteiger partial charge in [0, 0.05) is 56.0 Å². The summed E-state index contributed by atoms with van der Waals surface area (Å²) in [6.45, 7) is 3.04. The standard InChI is InChI=1S/C16H21N5O2/c1-17-15(22)11-20-6-8-21(9-7-20)16(23)19-13-2-3-14-12(10-13)4-5-18-14/h2-5,10,18H,6-9,11H2,1H3,(H,17,22)(H,19,23). The van der Waals surface area contributed by atoms with Gasteiger partial charge >= 0.3 is 6.03 Å². The van der Waals surface area contributed by atoms with Crippen LogP contribution in [0.4, 0.5) is 10.5 Å². The molecule has 7 nitrogen and oxygen atoms in total. The Morgan fingerprint density at radius 1 is 1.17 bits per heavy atom. The summed E-state index contributed by atoms with van der Waals surface area (Å²) >= 11 is 0. The molecule has 1 aliphatic rings. The number of fused-ring (bicyclic) bond motifs is 1. The van der Waals surface area contributed by atoms with Gasteiger partial charge in [0.25, 0.3) is 0 Å². The molecule has 0 aliphatic carbocycles.